The van der Waals surface area contributed by atoms with E-state index in [4.69, 9.17) is 9.90 Å². The van der Waals surface area contributed by atoms with Gasteiger partial charge >= 0.3 is 12.1 Å². The third-order valence-corrected chi connectivity index (χ3v) is 4.79. The molecule has 162 valence electrons. The molecule has 0 spiro atoms. The van der Waals surface area contributed by atoms with Crippen molar-refractivity contribution in [1.29, 1.82) is 0 Å². The van der Waals surface area contributed by atoms with Gasteiger partial charge in [-0.05, 0) is 36.4 Å². The molecule has 3 rings (SSSR count). The number of benzene rings is 1. The third-order valence-electron chi connectivity index (χ3n) is 4.07. The molecule has 30 heavy (non-hydrogen) atoms. The molecule has 0 radical (unpaired) electrons. The molecule has 1 aliphatic heterocycles. The summed E-state index contributed by atoms with van der Waals surface area (Å²) in [4.78, 5) is 33.9. The standard InChI is InChI=1S/C16H16FN3O2S.C2HF3O2/c1-19-9-12-10(7-15(19)21)5-6-20(16(12)22)18-14-4-3-11(23-2)8-13(14)17;3-2(4,5)1(6)7/h3-4,7-9,18H,5-6H2,1-2H3;(H,6,7). The molecule has 7 nitrogen and oxygen atoms in total. The highest BCUT2D eigenvalue weighted by Gasteiger charge is 2.38. The van der Waals surface area contributed by atoms with Crippen LogP contribution in [-0.2, 0) is 18.3 Å². The minimum Gasteiger partial charge on any atom is -0.475 e. The number of carbonyl (C=O) groups is 2. The number of fused-ring (bicyclic) bond motifs is 1. The van der Waals surface area contributed by atoms with Gasteiger partial charge in [0.1, 0.15) is 5.82 Å². The first-order chi connectivity index (χ1) is 13.9. The van der Waals surface area contributed by atoms with Crippen molar-refractivity contribution in [3.8, 4) is 0 Å². The highest BCUT2D eigenvalue weighted by Crippen LogP contribution is 2.24. The van der Waals surface area contributed by atoms with Crippen LogP contribution in [0.15, 0.2) is 40.2 Å². The number of amides is 1. The van der Waals surface area contributed by atoms with Gasteiger partial charge in [0.25, 0.3) is 11.5 Å². The van der Waals surface area contributed by atoms with Gasteiger partial charge in [-0.15, -0.1) is 11.8 Å². The first-order valence-corrected chi connectivity index (χ1v) is 9.58. The van der Waals surface area contributed by atoms with Gasteiger partial charge in [-0.25, -0.2) is 9.18 Å². The molecule has 0 fully saturated rings. The Morgan fingerprint density at radius 1 is 1.23 bits per heavy atom. The molecule has 0 saturated heterocycles. The number of anilines is 1. The van der Waals surface area contributed by atoms with Crippen LogP contribution in [0.3, 0.4) is 0 Å². The predicted octanol–water partition coefficient (Wildman–Crippen LogP) is 2.91. The molecule has 0 bridgehead atoms. The molecule has 1 aromatic heterocycles. The quantitative estimate of drug-likeness (QED) is 0.556. The van der Waals surface area contributed by atoms with E-state index in [1.54, 1.807) is 19.2 Å². The minimum atomic E-state index is -5.08. The van der Waals surface area contributed by atoms with E-state index in [1.165, 1.54) is 39.7 Å². The van der Waals surface area contributed by atoms with E-state index in [1.807, 2.05) is 6.26 Å². The molecule has 0 atom stereocenters. The van der Waals surface area contributed by atoms with E-state index < -0.39 is 18.0 Å². The lowest BCUT2D eigenvalue weighted by Gasteiger charge is -2.29. The summed E-state index contributed by atoms with van der Waals surface area (Å²) in [6.07, 6.45) is -1.13. The van der Waals surface area contributed by atoms with Gasteiger partial charge in [-0.3, -0.25) is 20.0 Å². The van der Waals surface area contributed by atoms with E-state index in [2.05, 4.69) is 5.43 Å². The van der Waals surface area contributed by atoms with Crippen LogP contribution in [-0.4, -0.2) is 45.5 Å². The van der Waals surface area contributed by atoms with Gasteiger partial charge in [0.2, 0.25) is 0 Å². The molecule has 0 saturated carbocycles. The van der Waals surface area contributed by atoms with Crippen LogP contribution in [0.5, 0.6) is 0 Å². The zero-order valence-corrected chi connectivity index (χ0v) is 16.6. The number of aliphatic carboxylic acids is 1. The van der Waals surface area contributed by atoms with Gasteiger partial charge in [-0.2, -0.15) is 13.2 Å². The Labute approximate surface area is 172 Å². The van der Waals surface area contributed by atoms with Gasteiger partial charge in [-0.1, -0.05) is 0 Å². The molecular formula is C18H17F4N3O4S. The van der Waals surface area contributed by atoms with Gasteiger partial charge in [0.15, 0.2) is 0 Å². The summed E-state index contributed by atoms with van der Waals surface area (Å²) in [5, 5.41) is 8.50. The van der Waals surface area contributed by atoms with Crippen molar-refractivity contribution in [3.05, 3.63) is 57.8 Å². The molecule has 2 N–H and O–H groups in total. The van der Waals surface area contributed by atoms with Crippen molar-refractivity contribution in [2.24, 2.45) is 7.05 Å². The fraction of sp³-hybridized carbons (Fsp3) is 0.278. The number of nitrogens with zero attached hydrogens (tertiary/aromatic N) is 2. The first-order valence-electron chi connectivity index (χ1n) is 8.35. The lowest BCUT2D eigenvalue weighted by atomic mass is 10.0. The molecule has 0 aliphatic carbocycles. The van der Waals surface area contributed by atoms with Crippen LogP contribution < -0.4 is 11.0 Å². The Hall–Kier alpha value is -3.02. The second kappa shape index (κ2) is 9.20. The number of pyridine rings is 1. The van der Waals surface area contributed by atoms with Crippen molar-refractivity contribution >= 4 is 29.3 Å². The summed E-state index contributed by atoms with van der Waals surface area (Å²) >= 11 is 1.45. The number of carboxylic acids is 1. The number of hydrogen-bond acceptors (Lipinski definition) is 5. The maximum absolute atomic E-state index is 14.1. The number of nitrogens with one attached hydrogen (secondary N) is 1. The van der Waals surface area contributed by atoms with Gasteiger partial charge in [0, 0.05) is 30.8 Å². The summed E-state index contributed by atoms with van der Waals surface area (Å²) < 4.78 is 47.2. The first kappa shape index (κ1) is 23.3. The van der Waals surface area contributed by atoms with Gasteiger partial charge in [0.05, 0.1) is 11.3 Å². The van der Waals surface area contributed by atoms with Crippen LogP contribution in [0.4, 0.5) is 23.2 Å². The fourth-order valence-electron chi connectivity index (χ4n) is 2.51. The van der Waals surface area contributed by atoms with Crippen LogP contribution in [0.2, 0.25) is 0 Å². The number of thioether (sulfide) groups is 1. The van der Waals surface area contributed by atoms with Gasteiger partial charge < -0.3 is 9.67 Å². The monoisotopic (exact) mass is 447 g/mol. The summed E-state index contributed by atoms with van der Waals surface area (Å²) in [6.45, 7) is 0.378. The third kappa shape index (κ3) is 5.53. The fourth-order valence-corrected chi connectivity index (χ4v) is 2.94. The number of hydrogen-bond donors (Lipinski definition) is 2. The van der Waals surface area contributed by atoms with Crippen LogP contribution in [0.25, 0.3) is 0 Å². The van der Waals surface area contributed by atoms with Crippen molar-refractivity contribution in [1.82, 2.24) is 9.58 Å². The molecule has 1 aliphatic rings. The molecule has 2 aromatic rings. The van der Waals surface area contributed by atoms with Crippen LogP contribution in [0, 0.1) is 5.82 Å². The zero-order chi connectivity index (χ0) is 22.6. The Morgan fingerprint density at radius 3 is 2.40 bits per heavy atom. The number of carboxylic acid groups (broad SMARTS) is 1. The predicted molar refractivity (Wildman–Crippen MR) is 102 cm³/mol. The number of aromatic nitrogens is 1. The summed E-state index contributed by atoms with van der Waals surface area (Å²) in [5.74, 6) is -3.43. The van der Waals surface area contributed by atoms with Crippen LogP contribution in [0.1, 0.15) is 15.9 Å². The molecule has 1 aromatic carbocycles. The number of halogens is 4. The molecule has 0 unspecified atom stereocenters. The Kier molecular flexibility index (Phi) is 7.13. The van der Waals surface area contributed by atoms with E-state index >= 15 is 0 Å². The van der Waals surface area contributed by atoms with E-state index in [9.17, 15) is 27.2 Å². The Bertz CT molecular complexity index is 1020. The highest BCUT2D eigenvalue weighted by molar-refractivity contribution is 7.98. The normalized spacial score (nSPS) is 13.3. The van der Waals surface area contributed by atoms with E-state index in [0.29, 0.717) is 18.5 Å². The van der Waals surface area contributed by atoms with Crippen molar-refractivity contribution in [3.63, 3.8) is 0 Å². The topological polar surface area (TPSA) is 91.6 Å². The largest absolute Gasteiger partial charge is 0.490 e. The summed E-state index contributed by atoms with van der Waals surface area (Å²) in [6, 6.07) is 6.32. The highest BCUT2D eigenvalue weighted by atomic mass is 32.2. The Balaban J connectivity index is 0.000000396. The molecule has 2 heterocycles. The minimum absolute atomic E-state index is 0.142. The number of carbonyl (C=O) groups excluding carboxylic acids is 1. The lowest BCUT2D eigenvalue weighted by Crippen LogP contribution is -2.42. The maximum Gasteiger partial charge on any atom is 0.490 e. The summed E-state index contributed by atoms with van der Waals surface area (Å²) in [7, 11) is 1.60. The van der Waals surface area contributed by atoms with Crippen molar-refractivity contribution < 1.29 is 32.3 Å². The Morgan fingerprint density at radius 2 is 1.87 bits per heavy atom. The van der Waals surface area contributed by atoms with Crippen LogP contribution >= 0.6 is 11.8 Å². The number of hydrazine groups is 1. The number of alkyl halides is 3. The van der Waals surface area contributed by atoms with E-state index in [0.717, 1.165) is 10.5 Å². The van der Waals surface area contributed by atoms with E-state index in [-0.39, 0.29) is 17.2 Å². The number of aryl methyl sites for hydroxylation is 1. The number of rotatable bonds is 3. The average molecular weight is 447 g/mol. The second-order valence-electron chi connectivity index (χ2n) is 6.13. The molecular weight excluding hydrogens is 430 g/mol. The summed E-state index contributed by atoms with van der Waals surface area (Å²) in [5.41, 5.74) is 4.15. The second-order valence-corrected chi connectivity index (χ2v) is 7.01. The van der Waals surface area contributed by atoms with Crippen molar-refractivity contribution in [2.75, 3.05) is 18.2 Å². The lowest BCUT2D eigenvalue weighted by molar-refractivity contribution is -0.192. The molecule has 12 heteroatoms. The maximum atomic E-state index is 14.1. The SMILES string of the molecule is CSc1ccc(NN2CCc3cc(=O)n(C)cc3C2=O)c(F)c1.O=C(O)C(F)(F)F. The van der Waals surface area contributed by atoms with Crippen molar-refractivity contribution in [2.45, 2.75) is 17.5 Å². The zero-order valence-electron chi connectivity index (χ0n) is 15.8. The smallest absolute Gasteiger partial charge is 0.475 e. The molecule has 1 amide bonds. The average Bonchev–Trinajstić information content (AvgIpc) is 2.66.